The van der Waals surface area contributed by atoms with E-state index in [4.69, 9.17) is 4.74 Å². The smallest absolute Gasteiger partial charge is 0.246 e. The molecule has 5 aliphatic rings. The van der Waals surface area contributed by atoms with Crippen LogP contribution in [0.1, 0.15) is 69.8 Å². The van der Waals surface area contributed by atoms with E-state index in [1.54, 1.807) is 4.90 Å². The number of benzene rings is 1. The van der Waals surface area contributed by atoms with Gasteiger partial charge in [0.05, 0.1) is 17.9 Å². The summed E-state index contributed by atoms with van der Waals surface area (Å²) in [6, 6.07) is 7.00. The van der Waals surface area contributed by atoms with Crippen molar-refractivity contribution in [3.63, 3.8) is 0 Å². The van der Waals surface area contributed by atoms with Crippen LogP contribution in [0.4, 0.5) is 5.69 Å². The highest BCUT2D eigenvalue weighted by molar-refractivity contribution is 6.02. The summed E-state index contributed by atoms with van der Waals surface area (Å²) < 4.78 is 6.48. The number of rotatable bonds is 7. The molecule has 1 aromatic carbocycles. The number of nitrogens with zero attached hydrogens (tertiary/aromatic N) is 1. The van der Waals surface area contributed by atoms with Crippen molar-refractivity contribution in [3.8, 4) is 0 Å². The van der Waals surface area contributed by atoms with Crippen LogP contribution in [0.3, 0.4) is 0 Å². The first kappa shape index (κ1) is 25.4. The monoisotopic (exact) mass is 517 g/mol. The Labute approximate surface area is 225 Å². The van der Waals surface area contributed by atoms with Gasteiger partial charge in [0, 0.05) is 18.3 Å². The van der Waals surface area contributed by atoms with Gasteiger partial charge in [-0.2, -0.15) is 0 Å². The summed E-state index contributed by atoms with van der Waals surface area (Å²) in [4.78, 5) is 43.3. The van der Waals surface area contributed by atoms with Crippen molar-refractivity contribution in [2.75, 3.05) is 11.9 Å². The van der Waals surface area contributed by atoms with E-state index >= 15 is 0 Å². The molecule has 2 aliphatic carbocycles. The average Bonchev–Trinajstić information content (AvgIpc) is 3.57. The summed E-state index contributed by atoms with van der Waals surface area (Å²) in [6.07, 6.45) is 16.2. The highest BCUT2D eigenvalue weighted by Crippen LogP contribution is 2.55. The van der Waals surface area contributed by atoms with Gasteiger partial charge in [-0.15, -0.1) is 0 Å². The average molecular weight is 518 g/mol. The van der Waals surface area contributed by atoms with Crippen molar-refractivity contribution in [1.82, 2.24) is 10.2 Å². The van der Waals surface area contributed by atoms with E-state index in [0.29, 0.717) is 12.2 Å². The molecular weight excluding hydrogens is 478 g/mol. The Kier molecular flexibility index (Phi) is 6.89. The largest absolute Gasteiger partial charge is 0.359 e. The third kappa shape index (κ3) is 4.49. The SMILES string of the molecule is Cc1ccc(NC(=O)[C@H]2[C@@H]3C=C[C@]4(O3)[C@@H]2C(=O)N(CCC2=CCCCC2)[C@H]4C(=O)NC2CCCCC2)cc1. The molecule has 0 radical (unpaired) electrons. The van der Waals surface area contributed by atoms with Crippen LogP contribution in [0.5, 0.6) is 0 Å². The standard InChI is InChI=1S/C31H39N3O4/c1-20-12-14-23(15-13-20)32-28(35)25-24-16-18-31(38-24)26(25)30(37)34(19-17-21-8-4-2-5-9-21)27(31)29(36)33-22-10-6-3-7-11-22/h8,12-16,18,22,24-27H,2-7,9-11,17,19H2,1H3,(H,32,35)(H,33,36)/t24-,25-,26-,27-,31-/m0/s1. The van der Waals surface area contributed by atoms with E-state index in [-0.39, 0.29) is 23.8 Å². The fourth-order valence-electron chi connectivity index (χ4n) is 7.29. The van der Waals surface area contributed by atoms with Crippen LogP contribution in [-0.2, 0) is 19.1 Å². The maximum absolute atomic E-state index is 14.1. The Balaban J connectivity index is 1.27. The third-order valence-corrected chi connectivity index (χ3v) is 9.25. The molecule has 2 N–H and O–H groups in total. The van der Waals surface area contributed by atoms with E-state index in [1.807, 2.05) is 43.3 Å². The third-order valence-electron chi connectivity index (χ3n) is 9.25. The van der Waals surface area contributed by atoms with Crippen molar-refractivity contribution in [2.45, 2.75) is 94.9 Å². The predicted molar refractivity (Wildman–Crippen MR) is 145 cm³/mol. The van der Waals surface area contributed by atoms with E-state index < -0.39 is 29.6 Å². The molecule has 0 aromatic heterocycles. The molecule has 2 saturated heterocycles. The molecule has 5 atom stereocenters. The normalized spacial score (nSPS) is 32.3. The number of amides is 3. The zero-order valence-corrected chi connectivity index (χ0v) is 22.3. The summed E-state index contributed by atoms with van der Waals surface area (Å²) in [5.41, 5.74) is 2.06. The fraction of sp³-hybridized carbons (Fsp3) is 0.581. The first-order chi connectivity index (χ1) is 18.5. The van der Waals surface area contributed by atoms with Gasteiger partial charge in [-0.1, -0.05) is 60.8 Å². The Morgan fingerprint density at radius 1 is 1.05 bits per heavy atom. The maximum Gasteiger partial charge on any atom is 0.246 e. The minimum atomic E-state index is -1.10. The Hall–Kier alpha value is -2.93. The fourth-order valence-corrected chi connectivity index (χ4v) is 7.29. The molecule has 1 spiro atoms. The molecule has 1 saturated carbocycles. The van der Waals surface area contributed by atoms with Crippen LogP contribution in [0, 0.1) is 18.8 Å². The summed E-state index contributed by atoms with van der Waals surface area (Å²) in [6.45, 7) is 2.47. The number of hydrogen-bond acceptors (Lipinski definition) is 4. The number of fused-ring (bicyclic) bond motifs is 1. The summed E-state index contributed by atoms with van der Waals surface area (Å²) >= 11 is 0. The van der Waals surface area contributed by atoms with Gasteiger partial charge in [0.25, 0.3) is 0 Å². The van der Waals surface area contributed by atoms with Gasteiger partial charge in [0.2, 0.25) is 17.7 Å². The van der Waals surface area contributed by atoms with Gasteiger partial charge in [0.15, 0.2) is 0 Å². The van der Waals surface area contributed by atoms with Crippen LogP contribution in [0.25, 0.3) is 0 Å². The Morgan fingerprint density at radius 3 is 2.58 bits per heavy atom. The van der Waals surface area contributed by atoms with Crippen molar-refractivity contribution < 1.29 is 19.1 Å². The zero-order chi connectivity index (χ0) is 26.3. The van der Waals surface area contributed by atoms with E-state index in [1.165, 1.54) is 24.8 Å². The first-order valence-corrected chi connectivity index (χ1v) is 14.5. The van der Waals surface area contributed by atoms with Crippen LogP contribution >= 0.6 is 0 Å². The number of carbonyl (C=O) groups excluding carboxylic acids is 3. The highest BCUT2D eigenvalue weighted by atomic mass is 16.5. The number of aryl methyl sites for hydroxylation is 1. The quantitative estimate of drug-likeness (QED) is 0.524. The van der Waals surface area contributed by atoms with E-state index in [9.17, 15) is 14.4 Å². The summed E-state index contributed by atoms with van der Waals surface area (Å²) in [7, 11) is 0. The van der Waals surface area contributed by atoms with E-state index in [2.05, 4.69) is 16.7 Å². The Morgan fingerprint density at radius 2 is 1.84 bits per heavy atom. The number of allylic oxidation sites excluding steroid dienone is 1. The lowest BCUT2D eigenvalue weighted by Gasteiger charge is -2.34. The number of likely N-dealkylation sites (tertiary alicyclic amines) is 1. The second kappa shape index (κ2) is 10.3. The predicted octanol–water partition coefficient (Wildman–Crippen LogP) is 4.42. The van der Waals surface area contributed by atoms with Gasteiger partial charge >= 0.3 is 0 Å². The van der Waals surface area contributed by atoms with Crippen LogP contribution in [0.15, 0.2) is 48.1 Å². The van der Waals surface area contributed by atoms with Crippen molar-refractivity contribution in [1.29, 1.82) is 0 Å². The molecule has 6 rings (SSSR count). The summed E-state index contributed by atoms with van der Waals surface area (Å²) in [5, 5.41) is 6.27. The second-order valence-electron chi connectivity index (χ2n) is 11.8. The molecule has 202 valence electrons. The lowest BCUT2D eigenvalue weighted by atomic mass is 9.74. The molecule has 1 aromatic rings. The number of carbonyl (C=O) groups is 3. The van der Waals surface area contributed by atoms with Gasteiger partial charge in [0.1, 0.15) is 11.6 Å². The molecule has 38 heavy (non-hydrogen) atoms. The number of hydrogen-bond donors (Lipinski definition) is 2. The van der Waals surface area contributed by atoms with E-state index in [0.717, 1.165) is 50.5 Å². The minimum Gasteiger partial charge on any atom is -0.359 e. The van der Waals surface area contributed by atoms with Crippen LogP contribution < -0.4 is 10.6 Å². The molecule has 2 bridgehead atoms. The van der Waals surface area contributed by atoms with Crippen molar-refractivity contribution in [2.24, 2.45) is 11.8 Å². The number of anilines is 1. The molecule has 3 amide bonds. The van der Waals surface area contributed by atoms with Gasteiger partial charge < -0.3 is 20.3 Å². The highest BCUT2D eigenvalue weighted by Gasteiger charge is 2.72. The lowest BCUT2D eigenvalue weighted by Crippen LogP contribution is -2.56. The molecule has 7 heteroatoms. The number of ether oxygens (including phenoxy) is 1. The molecule has 0 unspecified atom stereocenters. The van der Waals surface area contributed by atoms with Gasteiger partial charge in [-0.05, 0) is 64.0 Å². The minimum absolute atomic E-state index is 0.132. The van der Waals surface area contributed by atoms with Crippen LogP contribution in [0.2, 0.25) is 0 Å². The van der Waals surface area contributed by atoms with Gasteiger partial charge in [-0.25, -0.2) is 0 Å². The molecule has 3 fully saturated rings. The molecular formula is C31H39N3O4. The van der Waals surface area contributed by atoms with Crippen molar-refractivity contribution in [3.05, 3.63) is 53.6 Å². The van der Waals surface area contributed by atoms with Crippen molar-refractivity contribution >= 4 is 23.4 Å². The molecule has 3 aliphatic heterocycles. The van der Waals surface area contributed by atoms with Crippen LogP contribution in [-0.4, -0.2) is 53.0 Å². The zero-order valence-electron chi connectivity index (χ0n) is 22.3. The first-order valence-electron chi connectivity index (χ1n) is 14.5. The topological polar surface area (TPSA) is 87.7 Å². The second-order valence-corrected chi connectivity index (χ2v) is 11.8. The molecule has 3 heterocycles. The van der Waals surface area contributed by atoms with Gasteiger partial charge in [-0.3, -0.25) is 14.4 Å². The maximum atomic E-state index is 14.1. The Bertz CT molecular complexity index is 1150. The number of nitrogens with one attached hydrogen (secondary N) is 2. The lowest BCUT2D eigenvalue weighted by molar-refractivity contribution is -0.141. The summed E-state index contributed by atoms with van der Waals surface area (Å²) in [5.74, 6) is -1.88. The molecule has 7 nitrogen and oxygen atoms in total.